The molecule has 2 heterocycles. The fourth-order valence-corrected chi connectivity index (χ4v) is 6.00. The number of halogens is 1. The molecule has 1 aromatic rings. The van der Waals surface area contributed by atoms with Crippen LogP contribution in [-0.4, -0.2) is 73.7 Å². The lowest BCUT2D eigenvalue weighted by atomic mass is 9.96. The van der Waals surface area contributed by atoms with E-state index in [0.717, 1.165) is 43.8 Å². The maximum absolute atomic E-state index is 13.1. The Morgan fingerprint density at radius 1 is 1.13 bits per heavy atom. The van der Waals surface area contributed by atoms with Crippen LogP contribution in [0.2, 0.25) is 0 Å². The van der Waals surface area contributed by atoms with Crippen molar-refractivity contribution in [3.8, 4) is 0 Å². The Morgan fingerprint density at radius 3 is 2.32 bits per heavy atom. The van der Waals surface area contributed by atoms with Gasteiger partial charge in [-0.3, -0.25) is 9.59 Å². The zero-order chi connectivity index (χ0) is 22.4. The van der Waals surface area contributed by atoms with Crippen LogP contribution >= 0.6 is 11.8 Å². The highest BCUT2D eigenvalue weighted by Crippen LogP contribution is 2.24. The Labute approximate surface area is 187 Å². The number of hydrogen-bond acceptors (Lipinski definition) is 5. The summed E-state index contributed by atoms with van der Waals surface area (Å²) in [7, 11) is -3.72. The fourth-order valence-electron chi connectivity index (χ4n) is 4.05. The van der Waals surface area contributed by atoms with Gasteiger partial charge in [-0.25, -0.2) is 12.8 Å². The van der Waals surface area contributed by atoms with Crippen molar-refractivity contribution in [3.63, 3.8) is 0 Å². The van der Waals surface area contributed by atoms with E-state index in [1.165, 1.54) is 16.4 Å². The molecule has 31 heavy (non-hydrogen) atoms. The molecule has 1 atom stereocenters. The summed E-state index contributed by atoms with van der Waals surface area (Å²) in [6, 6.07) is 4.23. The normalized spacial score (nSPS) is 19.4. The van der Waals surface area contributed by atoms with Gasteiger partial charge in [0.05, 0.1) is 4.90 Å². The van der Waals surface area contributed by atoms with Gasteiger partial charge < -0.3 is 10.2 Å². The molecule has 172 valence electrons. The second-order valence-corrected chi connectivity index (χ2v) is 10.9. The highest BCUT2D eigenvalue weighted by atomic mass is 32.2. The average molecular weight is 472 g/mol. The molecular formula is C21H30FN3O4S2. The lowest BCUT2D eigenvalue weighted by Crippen LogP contribution is -2.51. The molecule has 0 saturated carbocycles. The summed E-state index contributed by atoms with van der Waals surface area (Å²) < 4.78 is 40.0. The van der Waals surface area contributed by atoms with Crippen LogP contribution < -0.4 is 5.32 Å². The molecule has 1 N–H and O–H groups in total. The van der Waals surface area contributed by atoms with E-state index in [0.29, 0.717) is 19.3 Å². The number of thioether (sulfide) groups is 1. The first kappa shape index (κ1) is 24.0. The van der Waals surface area contributed by atoms with Crippen LogP contribution in [0.4, 0.5) is 4.39 Å². The minimum atomic E-state index is -3.72. The first-order chi connectivity index (χ1) is 14.8. The zero-order valence-electron chi connectivity index (χ0n) is 17.8. The van der Waals surface area contributed by atoms with Crippen molar-refractivity contribution in [2.45, 2.75) is 43.0 Å². The minimum Gasteiger partial charge on any atom is -0.344 e. The van der Waals surface area contributed by atoms with Crippen LogP contribution in [0.15, 0.2) is 29.2 Å². The zero-order valence-corrected chi connectivity index (χ0v) is 19.4. The molecule has 0 spiro atoms. The summed E-state index contributed by atoms with van der Waals surface area (Å²) in [6.45, 7) is 1.91. The van der Waals surface area contributed by atoms with E-state index in [-0.39, 0.29) is 35.7 Å². The Morgan fingerprint density at radius 2 is 1.74 bits per heavy atom. The minimum absolute atomic E-state index is 0.0174. The molecule has 2 aliphatic heterocycles. The first-order valence-corrected chi connectivity index (χ1v) is 13.5. The lowest BCUT2D eigenvalue weighted by Gasteiger charge is -2.32. The van der Waals surface area contributed by atoms with Crippen molar-refractivity contribution in [1.82, 2.24) is 14.5 Å². The highest BCUT2D eigenvalue weighted by molar-refractivity contribution is 7.98. The largest absolute Gasteiger partial charge is 0.344 e. The molecule has 10 heteroatoms. The summed E-state index contributed by atoms with van der Waals surface area (Å²) >= 11 is 1.64. The molecule has 2 amide bonds. The number of nitrogens with one attached hydrogen (secondary N) is 1. The molecule has 2 saturated heterocycles. The van der Waals surface area contributed by atoms with E-state index in [1.54, 1.807) is 11.8 Å². The maximum Gasteiger partial charge on any atom is 0.245 e. The Bertz CT molecular complexity index is 865. The standard InChI is InChI=1S/C21H30FN3O4S2/c1-30-15-10-19(21(27)24-11-2-3-12-24)23-20(26)16-8-13-25(14-9-16)31(28,29)18-6-4-17(22)5-7-18/h4-7,16,19H,2-3,8-15H2,1H3,(H,23,26). The van der Waals surface area contributed by atoms with E-state index in [4.69, 9.17) is 0 Å². The van der Waals surface area contributed by atoms with Gasteiger partial charge in [0.2, 0.25) is 21.8 Å². The van der Waals surface area contributed by atoms with Crippen LogP contribution in [0.5, 0.6) is 0 Å². The van der Waals surface area contributed by atoms with Gasteiger partial charge in [-0.15, -0.1) is 0 Å². The molecular weight excluding hydrogens is 441 g/mol. The Hall–Kier alpha value is -1.65. The fraction of sp³-hybridized carbons (Fsp3) is 0.619. The number of carbonyl (C=O) groups is 2. The second-order valence-electron chi connectivity index (χ2n) is 8.01. The Kier molecular flexibility index (Phi) is 8.35. The molecule has 0 aliphatic carbocycles. The number of sulfonamides is 1. The molecule has 0 aromatic heterocycles. The molecule has 2 aliphatic rings. The molecule has 1 aromatic carbocycles. The van der Waals surface area contributed by atoms with E-state index < -0.39 is 21.9 Å². The molecule has 3 rings (SSSR count). The first-order valence-electron chi connectivity index (χ1n) is 10.7. The van der Waals surface area contributed by atoms with Gasteiger partial charge in [0, 0.05) is 32.1 Å². The van der Waals surface area contributed by atoms with Gasteiger partial charge in [-0.05, 0) is 68.4 Å². The van der Waals surface area contributed by atoms with Crippen LogP contribution in [0.25, 0.3) is 0 Å². The highest BCUT2D eigenvalue weighted by Gasteiger charge is 2.34. The third-order valence-corrected chi connectivity index (χ3v) is 8.48. The maximum atomic E-state index is 13.1. The van der Waals surface area contributed by atoms with Crippen LogP contribution in [0.3, 0.4) is 0 Å². The number of carbonyl (C=O) groups excluding carboxylic acids is 2. The SMILES string of the molecule is CSCCC(NC(=O)C1CCN(S(=O)(=O)c2ccc(F)cc2)CC1)C(=O)N1CCCC1. The van der Waals surface area contributed by atoms with Gasteiger partial charge in [-0.1, -0.05) is 0 Å². The van der Waals surface area contributed by atoms with Gasteiger partial charge >= 0.3 is 0 Å². The van der Waals surface area contributed by atoms with Crippen LogP contribution in [0.1, 0.15) is 32.1 Å². The van der Waals surface area contributed by atoms with E-state index in [1.807, 2.05) is 11.2 Å². The van der Waals surface area contributed by atoms with Crippen molar-refractivity contribution in [2.75, 3.05) is 38.2 Å². The molecule has 0 radical (unpaired) electrons. The van der Waals surface area contributed by atoms with E-state index in [2.05, 4.69) is 5.32 Å². The van der Waals surface area contributed by atoms with Crippen molar-refractivity contribution < 1.29 is 22.4 Å². The predicted octanol–water partition coefficient (Wildman–Crippen LogP) is 2.09. The van der Waals surface area contributed by atoms with E-state index in [9.17, 15) is 22.4 Å². The topological polar surface area (TPSA) is 86.8 Å². The number of benzene rings is 1. The van der Waals surface area contributed by atoms with Gasteiger partial charge in [0.1, 0.15) is 11.9 Å². The molecule has 1 unspecified atom stereocenters. The number of amides is 2. The third kappa shape index (κ3) is 5.98. The van der Waals surface area contributed by atoms with E-state index >= 15 is 0 Å². The second kappa shape index (κ2) is 10.8. The molecule has 0 bridgehead atoms. The van der Waals surface area contributed by atoms with Gasteiger partial charge in [-0.2, -0.15) is 16.1 Å². The molecule has 7 nitrogen and oxygen atoms in total. The molecule has 2 fully saturated rings. The van der Waals surface area contributed by atoms with Crippen molar-refractivity contribution in [3.05, 3.63) is 30.1 Å². The number of nitrogens with zero attached hydrogens (tertiary/aromatic N) is 2. The number of hydrogen-bond donors (Lipinski definition) is 1. The summed E-state index contributed by atoms with van der Waals surface area (Å²) in [5.41, 5.74) is 0. The quantitative estimate of drug-likeness (QED) is 0.627. The number of rotatable bonds is 8. The van der Waals surface area contributed by atoms with Crippen LogP contribution in [-0.2, 0) is 19.6 Å². The van der Waals surface area contributed by atoms with Crippen molar-refractivity contribution in [1.29, 1.82) is 0 Å². The summed E-state index contributed by atoms with van der Waals surface area (Å²) in [6.07, 6.45) is 5.32. The number of likely N-dealkylation sites (tertiary alicyclic amines) is 1. The monoisotopic (exact) mass is 471 g/mol. The van der Waals surface area contributed by atoms with Crippen molar-refractivity contribution >= 4 is 33.6 Å². The van der Waals surface area contributed by atoms with Crippen LogP contribution in [0, 0.1) is 11.7 Å². The smallest absolute Gasteiger partial charge is 0.245 e. The third-order valence-electron chi connectivity index (χ3n) is 5.92. The van der Waals surface area contributed by atoms with Crippen molar-refractivity contribution in [2.24, 2.45) is 5.92 Å². The average Bonchev–Trinajstić information content (AvgIpc) is 3.31. The summed E-state index contributed by atoms with van der Waals surface area (Å²) in [5.74, 6) is -0.246. The number of piperidine rings is 1. The van der Waals surface area contributed by atoms with Gasteiger partial charge in [0.25, 0.3) is 0 Å². The Balaban J connectivity index is 1.58. The summed E-state index contributed by atoms with van der Waals surface area (Å²) in [5, 5.41) is 2.94. The predicted molar refractivity (Wildman–Crippen MR) is 119 cm³/mol. The lowest BCUT2D eigenvalue weighted by molar-refractivity contribution is -0.137. The van der Waals surface area contributed by atoms with Gasteiger partial charge in [0.15, 0.2) is 0 Å². The summed E-state index contributed by atoms with van der Waals surface area (Å²) in [4.78, 5) is 27.5.